The van der Waals surface area contributed by atoms with Gasteiger partial charge in [0.05, 0.1) is 11.1 Å². The molecule has 4 aliphatic rings. The highest BCUT2D eigenvalue weighted by Crippen LogP contribution is 2.30. The molecular formula is C22H25N5O5. The van der Waals surface area contributed by atoms with Crippen LogP contribution >= 0.6 is 0 Å². The Hall–Kier alpha value is -3.27. The van der Waals surface area contributed by atoms with Crippen molar-refractivity contribution in [1.82, 2.24) is 20.4 Å². The van der Waals surface area contributed by atoms with E-state index in [9.17, 15) is 24.0 Å². The van der Waals surface area contributed by atoms with E-state index in [0.717, 1.165) is 36.9 Å². The Morgan fingerprint density at radius 2 is 1.66 bits per heavy atom. The number of urea groups is 1. The van der Waals surface area contributed by atoms with Crippen LogP contribution in [0.2, 0.25) is 0 Å². The number of benzene rings is 1. The molecule has 1 aliphatic carbocycles. The first-order valence-corrected chi connectivity index (χ1v) is 11.1. The standard InChI is InChI=1S/C22H25N5O5/c28-18-6-5-17(19(29)25-18)27-20(30)15-4-1-13(11-16(15)21(27)31)24-22(32)23-12-7-9-26(10-8-12)14-2-3-14/h1,4,11-12,14,17H,2-3,5-10H2,(H2,23,24,32)(H,25,28,29). The fourth-order valence-electron chi connectivity index (χ4n) is 4.75. The fourth-order valence-corrected chi connectivity index (χ4v) is 4.75. The van der Waals surface area contributed by atoms with Crippen LogP contribution in [0.5, 0.6) is 0 Å². The van der Waals surface area contributed by atoms with E-state index in [1.165, 1.54) is 25.0 Å². The van der Waals surface area contributed by atoms with E-state index in [1.807, 2.05) is 0 Å². The lowest BCUT2D eigenvalue weighted by molar-refractivity contribution is -0.136. The molecule has 1 aromatic rings. The molecule has 3 N–H and O–H groups in total. The van der Waals surface area contributed by atoms with Crippen molar-refractivity contribution < 1.29 is 24.0 Å². The number of hydrogen-bond acceptors (Lipinski definition) is 6. The van der Waals surface area contributed by atoms with Crippen molar-refractivity contribution in [3.8, 4) is 0 Å². The predicted octanol–water partition coefficient (Wildman–Crippen LogP) is 0.836. The van der Waals surface area contributed by atoms with Crippen molar-refractivity contribution in [3.05, 3.63) is 29.3 Å². The molecule has 1 unspecified atom stereocenters. The molecule has 10 heteroatoms. The van der Waals surface area contributed by atoms with Gasteiger partial charge in [-0.15, -0.1) is 0 Å². The molecule has 3 fully saturated rings. The van der Waals surface area contributed by atoms with Crippen molar-refractivity contribution in [2.75, 3.05) is 18.4 Å². The molecule has 168 valence electrons. The van der Waals surface area contributed by atoms with Crippen LogP contribution in [0.25, 0.3) is 0 Å². The van der Waals surface area contributed by atoms with Gasteiger partial charge in [0.1, 0.15) is 6.04 Å². The zero-order chi connectivity index (χ0) is 22.4. The summed E-state index contributed by atoms with van der Waals surface area (Å²) in [6.45, 7) is 1.97. The van der Waals surface area contributed by atoms with Crippen LogP contribution < -0.4 is 16.0 Å². The number of piperidine rings is 2. The average Bonchev–Trinajstić information content (AvgIpc) is 3.57. The fraction of sp³-hybridized carbons (Fsp3) is 0.500. The van der Waals surface area contributed by atoms with Crippen LogP contribution in [0.4, 0.5) is 10.5 Å². The van der Waals surface area contributed by atoms with E-state index < -0.39 is 29.7 Å². The first-order chi connectivity index (χ1) is 15.4. The predicted molar refractivity (Wildman–Crippen MR) is 113 cm³/mol. The lowest BCUT2D eigenvalue weighted by atomic mass is 10.0. The molecule has 1 aromatic carbocycles. The first kappa shape index (κ1) is 20.6. The number of carbonyl (C=O) groups excluding carboxylic acids is 5. The Kier molecular flexibility index (Phi) is 5.16. The minimum atomic E-state index is -1.01. The highest BCUT2D eigenvalue weighted by atomic mass is 16.2. The van der Waals surface area contributed by atoms with Gasteiger partial charge in [-0.25, -0.2) is 4.79 Å². The highest BCUT2D eigenvalue weighted by molar-refractivity contribution is 6.23. The van der Waals surface area contributed by atoms with E-state index in [1.54, 1.807) is 6.07 Å². The number of fused-ring (bicyclic) bond motifs is 1. The van der Waals surface area contributed by atoms with Crippen LogP contribution in [-0.2, 0) is 9.59 Å². The third-order valence-corrected chi connectivity index (χ3v) is 6.63. The number of nitrogens with one attached hydrogen (secondary N) is 3. The SMILES string of the molecule is O=C1CCC(N2C(=O)c3ccc(NC(=O)NC4CCN(C5CC5)CC4)cc3C2=O)C(=O)N1. The Morgan fingerprint density at radius 3 is 2.34 bits per heavy atom. The van der Waals surface area contributed by atoms with Crippen molar-refractivity contribution in [2.45, 2.75) is 56.7 Å². The lowest BCUT2D eigenvalue weighted by Crippen LogP contribution is -2.54. The summed E-state index contributed by atoms with van der Waals surface area (Å²) >= 11 is 0. The topological polar surface area (TPSA) is 128 Å². The number of anilines is 1. The summed E-state index contributed by atoms with van der Waals surface area (Å²) in [5.41, 5.74) is 0.705. The zero-order valence-corrected chi connectivity index (χ0v) is 17.6. The number of likely N-dealkylation sites (tertiary alicyclic amines) is 1. The molecule has 10 nitrogen and oxygen atoms in total. The normalized spacial score (nSPS) is 24.4. The van der Waals surface area contributed by atoms with Gasteiger partial charge in [-0.1, -0.05) is 0 Å². The maximum absolute atomic E-state index is 12.9. The van der Waals surface area contributed by atoms with E-state index >= 15 is 0 Å². The highest BCUT2D eigenvalue weighted by Gasteiger charge is 2.44. The van der Waals surface area contributed by atoms with Gasteiger partial charge in [0.25, 0.3) is 11.8 Å². The monoisotopic (exact) mass is 439 g/mol. The van der Waals surface area contributed by atoms with Crippen LogP contribution in [0, 0.1) is 0 Å². The summed E-state index contributed by atoms with van der Waals surface area (Å²) < 4.78 is 0. The third kappa shape index (κ3) is 3.86. The summed E-state index contributed by atoms with van der Waals surface area (Å²) in [6.07, 6.45) is 4.53. The number of rotatable bonds is 4. The molecule has 3 heterocycles. The molecule has 2 saturated heterocycles. The second-order valence-electron chi connectivity index (χ2n) is 8.85. The molecular weight excluding hydrogens is 414 g/mol. The Balaban J connectivity index is 1.22. The summed E-state index contributed by atoms with van der Waals surface area (Å²) in [5, 5.41) is 7.89. The minimum Gasteiger partial charge on any atom is -0.335 e. The second-order valence-corrected chi connectivity index (χ2v) is 8.85. The van der Waals surface area contributed by atoms with Crippen LogP contribution in [0.3, 0.4) is 0 Å². The lowest BCUT2D eigenvalue weighted by Gasteiger charge is -2.32. The van der Waals surface area contributed by atoms with E-state index in [2.05, 4.69) is 20.9 Å². The average molecular weight is 439 g/mol. The van der Waals surface area contributed by atoms with Gasteiger partial charge in [-0.05, 0) is 50.3 Å². The molecule has 1 atom stereocenters. The minimum absolute atomic E-state index is 0.0658. The molecule has 0 bridgehead atoms. The van der Waals surface area contributed by atoms with Gasteiger partial charge < -0.3 is 15.5 Å². The molecule has 0 aromatic heterocycles. The first-order valence-electron chi connectivity index (χ1n) is 11.1. The van der Waals surface area contributed by atoms with Gasteiger partial charge in [0, 0.05) is 37.3 Å². The van der Waals surface area contributed by atoms with E-state index in [4.69, 9.17) is 0 Å². The van der Waals surface area contributed by atoms with Crippen molar-refractivity contribution in [2.24, 2.45) is 0 Å². The van der Waals surface area contributed by atoms with Gasteiger partial charge >= 0.3 is 6.03 Å². The summed E-state index contributed by atoms with van der Waals surface area (Å²) in [4.78, 5) is 65.0. The molecule has 0 spiro atoms. The van der Waals surface area contributed by atoms with Gasteiger partial charge in [0.2, 0.25) is 11.8 Å². The Bertz CT molecular complexity index is 1010. The molecule has 5 rings (SSSR count). The van der Waals surface area contributed by atoms with Crippen molar-refractivity contribution in [1.29, 1.82) is 0 Å². The molecule has 32 heavy (non-hydrogen) atoms. The number of carbonyl (C=O) groups is 5. The largest absolute Gasteiger partial charge is 0.335 e. The molecule has 0 radical (unpaired) electrons. The number of nitrogens with zero attached hydrogens (tertiary/aromatic N) is 2. The van der Waals surface area contributed by atoms with Crippen molar-refractivity contribution >= 4 is 35.3 Å². The van der Waals surface area contributed by atoms with Gasteiger partial charge in [-0.3, -0.25) is 29.4 Å². The summed E-state index contributed by atoms with van der Waals surface area (Å²) in [6, 6.07) is 3.96. The van der Waals surface area contributed by atoms with Crippen LogP contribution in [-0.4, -0.2) is 70.7 Å². The van der Waals surface area contributed by atoms with Gasteiger partial charge in [0.15, 0.2) is 0 Å². The van der Waals surface area contributed by atoms with E-state index in [0.29, 0.717) is 5.69 Å². The summed E-state index contributed by atoms with van der Waals surface area (Å²) in [7, 11) is 0. The van der Waals surface area contributed by atoms with Crippen LogP contribution in [0.1, 0.15) is 59.2 Å². The van der Waals surface area contributed by atoms with Gasteiger partial charge in [-0.2, -0.15) is 0 Å². The second kappa shape index (κ2) is 8.01. The quantitative estimate of drug-likeness (QED) is 0.597. The number of imide groups is 2. The molecule has 3 aliphatic heterocycles. The summed E-state index contributed by atoms with van der Waals surface area (Å²) in [5.74, 6) is -2.24. The Morgan fingerprint density at radius 1 is 0.938 bits per heavy atom. The van der Waals surface area contributed by atoms with E-state index in [-0.39, 0.29) is 36.0 Å². The third-order valence-electron chi connectivity index (χ3n) is 6.63. The maximum Gasteiger partial charge on any atom is 0.319 e. The van der Waals surface area contributed by atoms with Crippen molar-refractivity contribution in [3.63, 3.8) is 0 Å². The molecule has 6 amide bonds. The molecule has 1 saturated carbocycles. The smallest absolute Gasteiger partial charge is 0.319 e. The number of amides is 6. The Labute approximate surface area is 184 Å². The van der Waals surface area contributed by atoms with Crippen LogP contribution in [0.15, 0.2) is 18.2 Å². The maximum atomic E-state index is 12.9. The zero-order valence-electron chi connectivity index (χ0n) is 17.6. The number of hydrogen-bond donors (Lipinski definition) is 3.